The van der Waals surface area contributed by atoms with Crippen molar-refractivity contribution in [3.63, 3.8) is 0 Å². The minimum absolute atomic E-state index is 0.0371. The number of carbonyl (C=O) groups excluding carboxylic acids is 1. The smallest absolute Gasteiger partial charge is 0.266 e. The number of rotatable bonds is 5. The van der Waals surface area contributed by atoms with Gasteiger partial charge in [0.25, 0.3) is 5.91 Å². The van der Waals surface area contributed by atoms with Gasteiger partial charge in [0.2, 0.25) is 0 Å². The maximum atomic E-state index is 12.3. The van der Waals surface area contributed by atoms with E-state index in [9.17, 15) is 4.79 Å². The molecule has 1 aliphatic rings. The molecule has 1 fully saturated rings. The molecule has 25 heavy (non-hydrogen) atoms. The van der Waals surface area contributed by atoms with Gasteiger partial charge in [0.05, 0.1) is 4.91 Å². The number of nitrogens with zero attached hydrogens (tertiary/aromatic N) is 1. The lowest BCUT2D eigenvalue weighted by Gasteiger charge is -2.09. The third-order valence-corrected chi connectivity index (χ3v) is 5.29. The third-order valence-electron chi connectivity index (χ3n) is 3.66. The molecule has 0 aliphatic carbocycles. The van der Waals surface area contributed by atoms with Crippen molar-refractivity contribution >= 4 is 51.9 Å². The number of ether oxygens (including phenoxy) is 1. The third kappa shape index (κ3) is 4.42. The fourth-order valence-electron chi connectivity index (χ4n) is 2.37. The van der Waals surface area contributed by atoms with E-state index < -0.39 is 0 Å². The van der Waals surface area contributed by atoms with Crippen LogP contribution in [0.25, 0.3) is 6.08 Å². The van der Waals surface area contributed by atoms with Crippen LogP contribution in [0.1, 0.15) is 18.1 Å². The van der Waals surface area contributed by atoms with Crippen LogP contribution in [0.2, 0.25) is 5.02 Å². The van der Waals surface area contributed by atoms with Gasteiger partial charge in [0.15, 0.2) is 0 Å². The predicted octanol–water partition coefficient (Wildman–Crippen LogP) is 5.14. The van der Waals surface area contributed by atoms with Crippen LogP contribution in [0.4, 0.5) is 0 Å². The van der Waals surface area contributed by atoms with Crippen LogP contribution in [-0.2, 0) is 11.4 Å². The monoisotopic (exact) mass is 389 g/mol. The maximum absolute atomic E-state index is 12.3. The molecule has 0 radical (unpaired) electrons. The number of amides is 1. The highest BCUT2D eigenvalue weighted by atomic mass is 35.5. The Morgan fingerprint density at radius 1 is 1.24 bits per heavy atom. The summed E-state index contributed by atoms with van der Waals surface area (Å²) in [5.41, 5.74) is 1.95. The molecule has 3 nitrogen and oxygen atoms in total. The predicted molar refractivity (Wildman–Crippen MR) is 108 cm³/mol. The first kappa shape index (κ1) is 18.0. The lowest BCUT2D eigenvalue weighted by Crippen LogP contribution is -2.27. The first-order valence-electron chi connectivity index (χ1n) is 7.79. The van der Waals surface area contributed by atoms with Gasteiger partial charge >= 0.3 is 0 Å². The van der Waals surface area contributed by atoms with Gasteiger partial charge in [-0.2, -0.15) is 0 Å². The number of benzene rings is 2. The van der Waals surface area contributed by atoms with E-state index in [0.717, 1.165) is 16.9 Å². The molecule has 2 aromatic rings. The summed E-state index contributed by atoms with van der Waals surface area (Å²) in [7, 11) is 0. The Morgan fingerprint density at radius 3 is 2.68 bits per heavy atom. The van der Waals surface area contributed by atoms with Gasteiger partial charge in [0.1, 0.15) is 16.7 Å². The molecule has 1 aliphatic heterocycles. The molecule has 2 aromatic carbocycles. The second kappa shape index (κ2) is 8.04. The van der Waals surface area contributed by atoms with Crippen LogP contribution in [0, 0.1) is 0 Å². The molecule has 1 heterocycles. The van der Waals surface area contributed by atoms with Crippen LogP contribution >= 0.6 is 35.6 Å². The van der Waals surface area contributed by atoms with E-state index in [-0.39, 0.29) is 5.91 Å². The molecule has 0 atom stereocenters. The molecule has 3 rings (SSSR count). The zero-order chi connectivity index (χ0) is 17.8. The van der Waals surface area contributed by atoms with Crippen molar-refractivity contribution in [3.05, 3.63) is 69.6 Å². The zero-order valence-electron chi connectivity index (χ0n) is 13.6. The minimum atomic E-state index is -0.0371. The molecule has 128 valence electrons. The van der Waals surface area contributed by atoms with Crippen LogP contribution in [0.3, 0.4) is 0 Å². The summed E-state index contributed by atoms with van der Waals surface area (Å²) >= 11 is 12.5. The highest BCUT2D eigenvalue weighted by Gasteiger charge is 2.30. The standard InChI is InChI=1S/C19H16ClNO2S2/c1-2-21-18(22)17(25-19(21)24)11-14-4-3-5-16(10-14)23-12-13-6-8-15(20)9-7-13/h3-11H,2,12H2,1H3/b17-11-. The van der Waals surface area contributed by atoms with Crippen molar-refractivity contribution in [2.45, 2.75) is 13.5 Å². The van der Waals surface area contributed by atoms with Crippen molar-refractivity contribution in [3.8, 4) is 5.75 Å². The minimum Gasteiger partial charge on any atom is -0.489 e. The Kier molecular flexibility index (Phi) is 5.78. The van der Waals surface area contributed by atoms with Gasteiger partial charge in [-0.1, -0.05) is 59.8 Å². The van der Waals surface area contributed by atoms with Crippen molar-refractivity contribution in [2.24, 2.45) is 0 Å². The van der Waals surface area contributed by atoms with Gasteiger partial charge in [-0.15, -0.1) is 0 Å². The van der Waals surface area contributed by atoms with Gasteiger partial charge in [0, 0.05) is 11.6 Å². The van der Waals surface area contributed by atoms with Crippen molar-refractivity contribution in [2.75, 3.05) is 6.54 Å². The van der Waals surface area contributed by atoms with Gasteiger partial charge in [-0.25, -0.2) is 0 Å². The van der Waals surface area contributed by atoms with E-state index in [1.54, 1.807) is 4.90 Å². The Balaban J connectivity index is 1.71. The topological polar surface area (TPSA) is 29.5 Å². The number of hydrogen-bond acceptors (Lipinski definition) is 4. The zero-order valence-corrected chi connectivity index (χ0v) is 16.0. The van der Waals surface area contributed by atoms with Gasteiger partial charge in [-0.05, 0) is 48.4 Å². The molecule has 0 unspecified atom stereocenters. The van der Waals surface area contributed by atoms with E-state index in [1.165, 1.54) is 11.8 Å². The van der Waals surface area contributed by atoms with Gasteiger partial charge in [-0.3, -0.25) is 9.69 Å². The van der Waals surface area contributed by atoms with E-state index in [4.69, 9.17) is 28.6 Å². The lowest BCUT2D eigenvalue weighted by atomic mass is 10.2. The second-order valence-electron chi connectivity index (χ2n) is 5.41. The highest BCUT2D eigenvalue weighted by Crippen LogP contribution is 2.32. The molecular formula is C19H16ClNO2S2. The molecule has 0 saturated carbocycles. The highest BCUT2D eigenvalue weighted by molar-refractivity contribution is 8.26. The number of thiocarbonyl (C=S) groups is 1. The maximum Gasteiger partial charge on any atom is 0.266 e. The number of thioether (sulfide) groups is 1. The summed E-state index contributed by atoms with van der Waals surface area (Å²) in [5, 5.41) is 0.704. The summed E-state index contributed by atoms with van der Waals surface area (Å²) in [6, 6.07) is 15.2. The molecule has 0 aromatic heterocycles. The molecule has 1 saturated heterocycles. The van der Waals surface area contributed by atoms with Crippen molar-refractivity contribution < 1.29 is 9.53 Å². The molecule has 0 bridgehead atoms. The fourth-order valence-corrected chi connectivity index (χ4v) is 3.88. The van der Waals surface area contributed by atoms with Crippen LogP contribution < -0.4 is 4.74 Å². The van der Waals surface area contributed by atoms with E-state index >= 15 is 0 Å². The molecule has 0 spiro atoms. The average Bonchev–Trinajstić information content (AvgIpc) is 2.88. The number of carbonyl (C=O) groups is 1. The first-order chi connectivity index (χ1) is 12.1. The quantitative estimate of drug-likeness (QED) is 0.523. The first-order valence-corrected chi connectivity index (χ1v) is 9.40. The Bertz CT molecular complexity index is 834. The number of halogens is 1. The SMILES string of the molecule is CCN1C(=O)/C(=C/c2cccc(OCc3ccc(Cl)cc3)c2)SC1=S. The van der Waals surface area contributed by atoms with Gasteiger partial charge < -0.3 is 4.74 Å². The van der Waals surface area contributed by atoms with E-state index in [1.807, 2.05) is 61.5 Å². The fraction of sp³-hybridized carbons (Fsp3) is 0.158. The largest absolute Gasteiger partial charge is 0.489 e. The van der Waals surface area contributed by atoms with Crippen LogP contribution in [-0.4, -0.2) is 21.7 Å². The number of likely N-dealkylation sites (N-methyl/N-ethyl adjacent to an activating group) is 1. The molecule has 1 amide bonds. The Hall–Kier alpha value is -1.82. The molecule has 0 N–H and O–H groups in total. The van der Waals surface area contributed by atoms with Crippen LogP contribution in [0.5, 0.6) is 5.75 Å². The van der Waals surface area contributed by atoms with Crippen molar-refractivity contribution in [1.82, 2.24) is 4.90 Å². The average molecular weight is 390 g/mol. The second-order valence-corrected chi connectivity index (χ2v) is 7.53. The normalized spacial score (nSPS) is 15.9. The van der Waals surface area contributed by atoms with E-state index in [0.29, 0.717) is 27.4 Å². The lowest BCUT2D eigenvalue weighted by molar-refractivity contribution is -0.121. The van der Waals surface area contributed by atoms with E-state index in [2.05, 4.69) is 0 Å². The Morgan fingerprint density at radius 2 is 2.00 bits per heavy atom. The van der Waals surface area contributed by atoms with Crippen LogP contribution in [0.15, 0.2) is 53.4 Å². The molecular weight excluding hydrogens is 374 g/mol. The summed E-state index contributed by atoms with van der Waals surface area (Å²) in [6.07, 6.45) is 1.85. The molecule has 6 heteroatoms. The van der Waals surface area contributed by atoms with Crippen molar-refractivity contribution in [1.29, 1.82) is 0 Å². The number of hydrogen-bond donors (Lipinski definition) is 0. The summed E-state index contributed by atoms with van der Waals surface area (Å²) in [6.45, 7) is 2.96. The summed E-state index contributed by atoms with van der Waals surface area (Å²) in [4.78, 5) is 14.5. The summed E-state index contributed by atoms with van der Waals surface area (Å²) in [5.74, 6) is 0.708. The summed E-state index contributed by atoms with van der Waals surface area (Å²) < 4.78 is 6.43. The Labute approximate surface area is 161 Å².